The van der Waals surface area contributed by atoms with Gasteiger partial charge in [0.15, 0.2) is 0 Å². The number of nitrogens with one attached hydrogen (secondary N) is 1. The summed E-state index contributed by atoms with van der Waals surface area (Å²) in [6.07, 6.45) is 0.173. The smallest absolute Gasteiger partial charge is 0.119 e. The highest BCUT2D eigenvalue weighted by Crippen LogP contribution is 2.29. The van der Waals surface area contributed by atoms with E-state index in [9.17, 15) is 0 Å². The Morgan fingerprint density at radius 1 is 1.20 bits per heavy atom. The van der Waals surface area contributed by atoms with Crippen molar-refractivity contribution in [3.8, 4) is 5.75 Å². The second-order valence-corrected chi connectivity index (χ2v) is 5.42. The Labute approximate surface area is 123 Å². The van der Waals surface area contributed by atoms with Crippen molar-refractivity contribution in [2.45, 2.75) is 46.8 Å². The number of likely N-dealkylation sites (N-methyl/N-ethyl adjacent to an activating group) is 1. The third kappa shape index (κ3) is 4.22. The summed E-state index contributed by atoms with van der Waals surface area (Å²) >= 11 is 0. The van der Waals surface area contributed by atoms with Crippen LogP contribution in [-0.2, 0) is 4.74 Å². The zero-order chi connectivity index (χ0) is 15.1. The summed E-state index contributed by atoms with van der Waals surface area (Å²) < 4.78 is 11.3. The molecule has 0 amide bonds. The van der Waals surface area contributed by atoms with Crippen LogP contribution in [0.5, 0.6) is 5.75 Å². The lowest BCUT2D eigenvalue weighted by molar-refractivity contribution is 0.00302. The summed E-state index contributed by atoms with van der Waals surface area (Å²) in [5.41, 5.74) is 2.53. The maximum atomic E-state index is 5.99. The highest BCUT2D eigenvalue weighted by atomic mass is 16.5. The average molecular weight is 279 g/mol. The molecule has 0 bridgehead atoms. The Balaban J connectivity index is 3.11. The molecule has 3 heteroatoms. The van der Waals surface area contributed by atoms with Crippen molar-refractivity contribution in [1.29, 1.82) is 0 Å². The van der Waals surface area contributed by atoms with E-state index in [4.69, 9.17) is 9.47 Å². The molecule has 0 aromatic heterocycles. The molecule has 0 aliphatic rings. The molecule has 20 heavy (non-hydrogen) atoms. The fourth-order valence-corrected chi connectivity index (χ4v) is 2.61. The topological polar surface area (TPSA) is 30.5 Å². The second-order valence-electron chi connectivity index (χ2n) is 5.42. The minimum atomic E-state index is 0.173. The molecule has 1 rings (SSSR count). The van der Waals surface area contributed by atoms with Crippen LogP contribution in [0.1, 0.15) is 44.9 Å². The van der Waals surface area contributed by atoms with Gasteiger partial charge in [0.1, 0.15) is 5.75 Å². The van der Waals surface area contributed by atoms with Crippen molar-refractivity contribution in [3.05, 3.63) is 29.3 Å². The SMILES string of the molecule is CCNC(c1ccc(OC)cc1C)C(OCC)C(C)C. The van der Waals surface area contributed by atoms with Gasteiger partial charge in [0.05, 0.1) is 19.3 Å². The lowest BCUT2D eigenvalue weighted by Gasteiger charge is -2.32. The van der Waals surface area contributed by atoms with Crippen molar-refractivity contribution in [3.63, 3.8) is 0 Å². The van der Waals surface area contributed by atoms with Crippen molar-refractivity contribution in [1.82, 2.24) is 5.32 Å². The Bertz CT molecular complexity index is 404. The molecule has 1 aromatic rings. The highest BCUT2D eigenvalue weighted by molar-refractivity contribution is 5.37. The molecular weight excluding hydrogens is 250 g/mol. The molecule has 0 aliphatic carbocycles. The summed E-state index contributed by atoms with van der Waals surface area (Å²) in [5, 5.41) is 3.58. The van der Waals surface area contributed by atoms with Crippen molar-refractivity contribution in [2.24, 2.45) is 5.92 Å². The Morgan fingerprint density at radius 2 is 1.90 bits per heavy atom. The molecule has 0 saturated heterocycles. The molecule has 0 radical (unpaired) electrons. The number of ether oxygens (including phenoxy) is 2. The molecule has 0 fully saturated rings. The van der Waals surface area contributed by atoms with Crippen LogP contribution in [0.2, 0.25) is 0 Å². The first-order valence-electron chi connectivity index (χ1n) is 7.54. The van der Waals surface area contributed by atoms with E-state index in [1.54, 1.807) is 7.11 Å². The number of hydrogen-bond donors (Lipinski definition) is 1. The molecule has 1 N–H and O–H groups in total. The fraction of sp³-hybridized carbons (Fsp3) is 0.647. The molecule has 3 nitrogen and oxygen atoms in total. The van der Waals surface area contributed by atoms with Gasteiger partial charge in [0, 0.05) is 6.61 Å². The zero-order valence-electron chi connectivity index (χ0n) is 13.7. The second kappa shape index (κ2) is 8.28. The van der Waals surface area contributed by atoms with E-state index in [0.717, 1.165) is 18.9 Å². The largest absolute Gasteiger partial charge is 0.497 e. The van der Waals surface area contributed by atoms with Gasteiger partial charge in [-0.2, -0.15) is 0 Å². The van der Waals surface area contributed by atoms with Crippen molar-refractivity contribution >= 4 is 0 Å². The van der Waals surface area contributed by atoms with Crippen LogP contribution in [0.15, 0.2) is 18.2 Å². The summed E-state index contributed by atoms with van der Waals surface area (Å²) in [6.45, 7) is 12.4. The molecule has 0 heterocycles. The number of aryl methyl sites for hydroxylation is 1. The quantitative estimate of drug-likeness (QED) is 0.787. The lowest BCUT2D eigenvalue weighted by atomic mass is 9.90. The van der Waals surface area contributed by atoms with Crippen LogP contribution in [-0.4, -0.2) is 26.4 Å². The summed E-state index contributed by atoms with van der Waals surface area (Å²) in [5.74, 6) is 1.36. The molecule has 2 unspecified atom stereocenters. The fourth-order valence-electron chi connectivity index (χ4n) is 2.61. The zero-order valence-corrected chi connectivity index (χ0v) is 13.7. The first-order valence-corrected chi connectivity index (χ1v) is 7.54. The number of hydrogen-bond acceptors (Lipinski definition) is 3. The van der Waals surface area contributed by atoms with E-state index in [0.29, 0.717) is 5.92 Å². The van der Waals surface area contributed by atoms with Gasteiger partial charge in [-0.1, -0.05) is 26.8 Å². The van der Waals surface area contributed by atoms with Crippen LogP contribution >= 0.6 is 0 Å². The number of methoxy groups -OCH3 is 1. The highest BCUT2D eigenvalue weighted by Gasteiger charge is 2.27. The minimum absolute atomic E-state index is 0.173. The van der Waals surface area contributed by atoms with Gasteiger partial charge >= 0.3 is 0 Å². The van der Waals surface area contributed by atoms with E-state index >= 15 is 0 Å². The molecular formula is C17H29NO2. The predicted octanol–water partition coefficient (Wildman–Crippen LogP) is 3.72. The molecule has 114 valence electrons. The average Bonchev–Trinajstić information content (AvgIpc) is 2.42. The molecule has 1 aromatic carbocycles. The van der Waals surface area contributed by atoms with Crippen LogP contribution in [0.4, 0.5) is 0 Å². The van der Waals surface area contributed by atoms with E-state index in [1.807, 2.05) is 6.07 Å². The van der Waals surface area contributed by atoms with Gasteiger partial charge in [-0.15, -0.1) is 0 Å². The van der Waals surface area contributed by atoms with Gasteiger partial charge in [-0.25, -0.2) is 0 Å². The van der Waals surface area contributed by atoms with Gasteiger partial charge < -0.3 is 14.8 Å². The van der Waals surface area contributed by atoms with Crippen LogP contribution in [0.25, 0.3) is 0 Å². The van der Waals surface area contributed by atoms with E-state index in [-0.39, 0.29) is 12.1 Å². The maximum absolute atomic E-state index is 5.99. The van der Waals surface area contributed by atoms with E-state index < -0.39 is 0 Å². The minimum Gasteiger partial charge on any atom is -0.497 e. The van der Waals surface area contributed by atoms with Crippen LogP contribution in [0, 0.1) is 12.8 Å². The normalized spacial score (nSPS) is 14.3. The molecule has 2 atom stereocenters. The summed E-state index contributed by atoms with van der Waals surface area (Å²) in [7, 11) is 1.70. The molecule has 0 saturated carbocycles. The number of benzene rings is 1. The molecule has 0 aliphatic heterocycles. The van der Waals surface area contributed by atoms with Crippen LogP contribution < -0.4 is 10.1 Å². The van der Waals surface area contributed by atoms with E-state index in [2.05, 4.69) is 52.1 Å². The van der Waals surface area contributed by atoms with E-state index in [1.165, 1.54) is 11.1 Å². The molecule has 0 spiro atoms. The Kier molecular flexibility index (Phi) is 7.03. The third-order valence-electron chi connectivity index (χ3n) is 3.58. The van der Waals surface area contributed by atoms with Crippen molar-refractivity contribution < 1.29 is 9.47 Å². The van der Waals surface area contributed by atoms with Gasteiger partial charge in [-0.05, 0) is 49.6 Å². The Morgan fingerprint density at radius 3 is 2.35 bits per heavy atom. The summed E-state index contributed by atoms with van der Waals surface area (Å²) in [4.78, 5) is 0. The monoisotopic (exact) mass is 279 g/mol. The van der Waals surface area contributed by atoms with Gasteiger partial charge in [0.25, 0.3) is 0 Å². The standard InChI is InChI=1S/C17H29NO2/c1-7-18-16(17(12(3)4)20-8-2)15-10-9-14(19-6)11-13(15)5/h9-12,16-18H,7-8H2,1-6H3. The van der Waals surface area contributed by atoms with Gasteiger partial charge in [-0.3, -0.25) is 0 Å². The summed E-state index contributed by atoms with van der Waals surface area (Å²) in [6, 6.07) is 6.47. The van der Waals surface area contributed by atoms with Gasteiger partial charge in [0.2, 0.25) is 0 Å². The van der Waals surface area contributed by atoms with Crippen LogP contribution in [0.3, 0.4) is 0 Å². The third-order valence-corrected chi connectivity index (χ3v) is 3.58. The predicted molar refractivity (Wildman–Crippen MR) is 84.4 cm³/mol. The Hall–Kier alpha value is -1.06. The maximum Gasteiger partial charge on any atom is 0.119 e. The van der Waals surface area contributed by atoms with Crippen molar-refractivity contribution in [2.75, 3.05) is 20.3 Å². The first-order chi connectivity index (χ1) is 9.54. The first kappa shape index (κ1) is 17.0. The lowest BCUT2D eigenvalue weighted by Crippen LogP contribution is -2.37. The number of rotatable bonds is 8.